The highest BCUT2D eigenvalue weighted by Crippen LogP contribution is 2.23. The first-order chi connectivity index (χ1) is 9.50. The van der Waals surface area contributed by atoms with Crippen molar-refractivity contribution in [1.29, 1.82) is 0 Å². The molecule has 6 heteroatoms. The Kier molecular flexibility index (Phi) is 4.42. The van der Waals surface area contributed by atoms with E-state index < -0.39 is 5.97 Å². The molecular weight excluding hydrogens is 258 g/mol. The number of hydrogen-bond donors (Lipinski definition) is 1. The van der Waals surface area contributed by atoms with Crippen molar-refractivity contribution in [3.05, 3.63) is 17.5 Å². The number of carboxylic acid groups (broad SMARTS) is 1. The van der Waals surface area contributed by atoms with Crippen molar-refractivity contribution in [1.82, 2.24) is 14.7 Å². The summed E-state index contributed by atoms with van der Waals surface area (Å²) in [7, 11) is 1.81. The molecule has 2 rings (SSSR count). The third-order valence-electron chi connectivity index (χ3n) is 4.05. The zero-order valence-electron chi connectivity index (χ0n) is 12.0. The lowest BCUT2D eigenvalue weighted by Gasteiger charge is -2.35. The minimum atomic E-state index is -0.805. The fourth-order valence-corrected chi connectivity index (χ4v) is 2.72. The SMILES string of the molecule is Cc1c(C(=O)N2CCCCC2CCC(=O)O)cnn1C. The number of aromatic nitrogens is 2. The van der Waals surface area contributed by atoms with Gasteiger partial charge in [-0.1, -0.05) is 0 Å². The molecule has 1 atom stereocenters. The van der Waals surface area contributed by atoms with Crippen LogP contribution in [0.25, 0.3) is 0 Å². The first-order valence-electron chi connectivity index (χ1n) is 7.02. The van der Waals surface area contributed by atoms with Gasteiger partial charge in [-0.15, -0.1) is 0 Å². The Labute approximate surface area is 118 Å². The molecule has 0 aromatic carbocycles. The molecule has 1 saturated heterocycles. The monoisotopic (exact) mass is 279 g/mol. The highest BCUT2D eigenvalue weighted by molar-refractivity contribution is 5.95. The van der Waals surface area contributed by atoms with Gasteiger partial charge in [0, 0.05) is 31.7 Å². The Morgan fingerprint density at radius 2 is 2.20 bits per heavy atom. The first-order valence-corrected chi connectivity index (χ1v) is 7.02. The van der Waals surface area contributed by atoms with Crippen LogP contribution in [0.1, 0.15) is 48.2 Å². The molecule has 0 saturated carbocycles. The van der Waals surface area contributed by atoms with Crippen molar-refractivity contribution >= 4 is 11.9 Å². The smallest absolute Gasteiger partial charge is 0.303 e. The van der Waals surface area contributed by atoms with Crippen molar-refractivity contribution in [2.24, 2.45) is 7.05 Å². The van der Waals surface area contributed by atoms with Crippen molar-refractivity contribution in [3.63, 3.8) is 0 Å². The number of likely N-dealkylation sites (tertiary alicyclic amines) is 1. The Morgan fingerprint density at radius 3 is 2.80 bits per heavy atom. The number of piperidine rings is 1. The lowest BCUT2D eigenvalue weighted by atomic mass is 9.97. The lowest BCUT2D eigenvalue weighted by Crippen LogP contribution is -2.44. The van der Waals surface area contributed by atoms with Gasteiger partial charge in [0.2, 0.25) is 0 Å². The first kappa shape index (κ1) is 14.6. The van der Waals surface area contributed by atoms with Crippen LogP contribution in [0.3, 0.4) is 0 Å². The van der Waals surface area contributed by atoms with Crippen LogP contribution < -0.4 is 0 Å². The van der Waals surface area contributed by atoms with Crippen LogP contribution in [0, 0.1) is 6.92 Å². The summed E-state index contributed by atoms with van der Waals surface area (Å²) in [5.74, 6) is -0.828. The van der Waals surface area contributed by atoms with E-state index >= 15 is 0 Å². The van der Waals surface area contributed by atoms with Crippen LogP contribution in [0.2, 0.25) is 0 Å². The molecule has 2 heterocycles. The Morgan fingerprint density at radius 1 is 1.45 bits per heavy atom. The van der Waals surface area contributed by atoms with Gasteiger partial charge in [-0.3, -0.25) is 14.3 Å². The highest BCUT2D eigenvalue weighted by Gasteiger charge is 2.29. The van der Waals surface area contributed by atoms with Gasteiger partial charge < -0.3 is 10.0 Å². The van der Waals surface area contributed by atoms with Gasteiger partial charge in [0.05, 0.1) is 11.8 Å². The van der Waals surface area contributed by atoms with Crippen LogP contribution in [-0.4, -0.2) is 44.3 Å². The minimum absolute atomic E-state index is 0.0225. The maximum Gasteiger partial charge on any atom is 0.303 e. The molecule has 1 amide bonds. The zero-order valence-corrected chi connectivity index (χ0v) is 12.0. The van der Waals surface area contributed by atoms with E-state index in [1.165, 1.54) is 0 Å². The molecule has 0 bridgehead atoms. The fraction of sp³-hybridized carbons (Fsp3) is 0.643. The van der Waals surface area contributed by atoms with Gasteiger partial charge in [0.25, 0.3) is 5.91 Å². The normalized spacial score (nSPS) is 19.1. The van der Waals surface area contributed by atoms with Crippen LogP contribution in [0.5, 0.6) is 0 Å². The van der Waals surface area contributed by atoms with E-state index in [4.69, 9.17) is 5.11 Å². The summed E-state index contributed by atoms with van der Waals surface area (Å²) >= 11 is 0. The van der Waals surface area contributed by atoms with Crippen LogP contribution in [0.15, 0.2) is 6.20 Å². The number of nitrogens with zero attached hydrogens (tertiary/aromatic N) is 3. The molecule has 20 heavy (non-hydrogen) atoms. The summed E-state index contributed by atoms with van der Waals surface area (Å²) in [6, 6.07) is 0.0342. The molecule has 0 spiro atoms. The fourth-order valence-electron chi connectivity index (χ4n) is 2.72. The quantitative estimate of drug-likeness (QED) is 0.908. The van der Waals surface area contributed by atoms with E-state index in [9.17, 15) is 9.59 Å². The molecule has 1 fully saturated rings. The largest absolute Gasteiger partial charge is 0.481 e. The van der Waals surface area contributed by atoms with E-state index in [1.54, 1.807) is 10.9 Å². The number of carbonyl (C=O) groups excluding carboxylic acids is 1. The number of carboxylic acids is 1. The molecule has 1 N–H and O–H groups in total. The second kappa shape index (κ2) is 6.07. The summed E-state index contributed by atoms with van der Waals surface area (Å²) < 4.78 is 1.68. The van der Waals surface area contributed by atoms with Crippen molar-refractivity contribution < 1.29 is 14.7 Å². The predicted molar refractivity (Wildman–Crippen MR) is 73.5 cm³/mol. The van der Waals surface area contributed by atoms with Crippen molar-refractivity contribution in [3.8, 4) is 0 Å². The molecule has 1 aliphatic heterocycles. The van der Waals surface area contributed by atoms with Crippen LogP contribution in [-0.2, 0) is 11.8 Å². The number of carbonyl (C=O) groups is 2. The molecule has 1 aliphatic rings. The molecule has 1 aromatic heterocycles. The van der Waals surface area contributed by atoms with Gasteiger partial charge in [0.15, 0.2) is 0 Å². The average molecular weight is 279 g/mol. The van der Waals surface area contributed by atoms with E-state index in [2.05, 4.69) is 5.10 Å². The minimum Gasteiger partial charge on any atom is -0.481 e. The summed E-state index contributed by atoms with van der Waals surface area (Å²) in [6.07, 6.45) is 5.16. The molecule has 0 aliphatic carbocycles. The van der Waals surface area contributed by atoms with Gasteiger partial charge in [-0.05, 0) is 32.6 Å². The van der Waals surface area contributed by atoms with Gasteiger partial charge in [-0.25, -0.2) is 0 Å². The van der Waals surface area contributed by atoms with Gasteiger partial charge in [0.1, 0.15) is 0 Å². The predicted octanol–water partition coefficient (Wildman–Crippen LogP) is 1.59. The Balaban J connectivity index is 2.13. The number of hydrogen-bond acceptors (Lipinski definition) is 3. The van der Waals surface area contributed by atoms with Crippen LogP contribution in [0.4, 0.5) is 0 Å². The third kappa shape index (κ3) is 3.00. The average Bonchev–Trinajstić information content (AvgIpc) is 2.76. The van der Waals surface area contributed by atoms with Crippen LogP contribution >= 0.6 is 0 Å². The van der Waals surface area contributed by atoms with Crippen molar-refractivity contribution in [2.75, 3.05) is 6.54 Å². The van der Waals surface area contributed by atoms with E-state index in [-0.39, 0.29) is 18.4 Å². The number of aliphatic carboxylic acids is 1. The zero-order chi connectivity index (χ0) is 14.7. The summed E-state index contributed by atoms with van der Waals surface area (Å²) in [4.78, 5) is 25.2. The maximum atomic E-state index is 12.6. The summed E-state index contributed by atoms with van der Waals surface area (Å²) in [5.41, 5.74) is 1.47. The lowest BCUT2D eigenvalue weighted by molar-refractivity contribution is -0.137. The molecular formula is C14H21N3O3. The summed E-state index contributed by atoms with van der Waals surface area (Å²) in [5, 5.41) is 12.9. The molecule has 0 radical (unpaired) electrons. The second-order valence-corrected chi connectivity index (χ2v) is 5.35. The Hall–Kier alpha value is -1.85. The molecule has 1 unspecified atom stereocenters. The maximum absolute atomic E-state index is 12.6. The molecule has 110 valence electrons. The van der Waals surface area contributed by atoms with Crippen molar-refractivity contribution in [2.45, 2.75) is 45.1 Å². The van der Waals surface area contributed by atoms with Gasteiger partial charge in [-0.2, -0.15) is 5.10 Å². The molecule has 1 aromatic rings. The second-order valence-electron chi connectivity index (χ2n) is 5.35. The third-order valence-corrected chi connectivity index (χ3v) is 4.05. The number of rotatable bonds is 4. The van der Waals surface area contributed by atoms with E-state index in [0.29, 0.717) is 18.5 Å². The number of amides is 1. The Bertz CT molecular complexity index is 510. The topological polar surface area (TPSA) is 75.4 Å². The van der Waals surface area contributed by atoms with E-state index in [1.807, 2.05) is 18.9 Å². The standard InChI is InChI=1S/C14H21N3O3/c1-10-12(9-15-16(10)2)14(20)17-8-4-3-5-11(17)6-7-13(18)19/h9,11H,3-8H2,1-2H3,(H,18,19). The number of aryl methyl sites for hydroxylation is 1. The summed E-state index contributed by atoms with van der Waals surface area (Å²) in [6.45, 7) is 2.58. The van der Waals surface area contributed by atoms with Gasteiger partial charge >= 0.3 is 5.97 Å². The highest BCUT2D eigenvalue weighted by atomic mass is 16.4. The molecule has 6 nitrogen and oxygen atoms in total. The van der Waals surface area contributed by atoms with E-state index in [0.717, 1.165) is 25.0 Å².